The zero-order chi connectivity index (χ0) is 17.8. The fraction of sp³-hybridized carbons (Fsp3) is 0.444. The van der Waals surface area contributed by atoms with Crippen molar-refractivity contribution in [1.82, 2.24) is 14.8 Å². The molecule has 1 saturated heterocycles. The van der Waals surface area contributed by atoms with E-state index in [0.29, 0.717) is 19.0 Å². The fourth-order valence-electron chi connectivity index (χ4n) is 3.21. The highest BCUT2D eigenvalue weighted by atomic mass is 35.5. The second-order valence-electron chi connectivity index (χ2n) is 6.23. The number of aromatic carboxylic acids is 1. The maximum atomic E-state index is 12.9. The predicted octanol–water partition coefficient (Wildman–Crippen LogP) is 2.77. The number of fused-ring (bicyclic) bond motifs is 1. The first-order valence-electron chi connectivity index (χ1n) is 8.55. The number of amides is 1. The number of rotatable bonds is 5. The molecule has 0 spiro atoms. The number of piperazine rings is 1. The van der Waals surface area contributed by atoms with Gasteiger partial charge in [0.25, 0.3) is 0 Å². The van der Waals surface area contributed by atoms with Crippen molar-refractivity contribution in [3.05, 3.63) is 35.5 Å². The minimum atomic E-state index is -0.963. The number of halogens is 1. The SMILES string of the molecule is O=C(O)c1ccc2c(c1)c(CCCCCl)cn2C(=O)N1CCNCC1. The van der Waals surface area contributed by atoms with Crippen LogP contribution in [-0.4, -0.2) is 58.6 Å². The van der Waals surface area contributed by atoms with Gasteiger partial charge in [-0.1, -0.05) is 0 Å². The minimum absolute atomic E-state index is 0.0573. The van der Waals surface area contributed by atoms with Crippen molar-refractivity contribution in [1.29, 1.82) is 0 Å². The topological polar surface area (TPSA) is 74.6 Å². The number of alkyl halides is 1. The van der Waals surface area contributed by atoms with Crippen LogP contribution >= 0.6 is 11.6 Å². The average molecular weight is 364 g/mol. The molecule has 1 aromatic carbocycles. The van der Waals surface area contributed by atoms with E-state index in [1.807, 2.05) is 11.1 Å². The van der Waals surface area contributed by atoms with Crippen LogP contribution in [0.5, 0.6) is 0 Å². The number of nitrogens with zero attached hydrogens (tertiary/aromatic N) is 2. The normalized spacial score (nSPS) is 14.8. The number of carboxylic acid groups (broad SMARTS) is 1. The number of unbranched alkanes of at least 4 members (excludes halogenated alkanes) is 1. The van der Waals surface area contributed by atoms with E-state index in [-0.39, 0.29) is 11.6 Å². The molecule has 7 heteroatoms. The summed E-state index contributed by atoms with van der Waals surface area (Å²) in [5.74, 6) is -0.367. The fourth-order valence-corrected chi connectivity index (χ4v) is 3.40. The lowest BCUT2D eigenvalue weighted by atomic mass is 10.1. The number of aryl methyl sites for hydroxylation is 1. The summed E-state index contributed by atoms with van der Waals surface area (Å²) in [4.78, 5) is 26.0. The zero-order valence-corrected chi connectivity index (χ0v) is 14.8. The Hall–Kier alpha value is -2.05. The monoisotopic (exact) mass is 363 g/mol. The molecule has 3 rings (SSSR count). The van der Waals surface area contributed by atoms with Crippen molar-refractivity contribution >= 4 is 34.5 Å². The smallest absolute Gasteiger partial charge is 0.335 e. The average Bonchev–Trinajstić information content (AvgIpc) is 3.00. The third kappa shape index (κ3) is 3.80. The van der Waals surface area contributed by atoms with Gasteiger partial charge in [0.15, 0.2) is 0 Å². The van der Waals surface area contributed by atoms with Gasteiger partial charge in [-0.3, -0.25) is 4.57 Å². The Labute approximate surface area is 151 Å². The highest BCUT2D eigenvalue weighted by Crippen LogP contribution is 2.25. The minimum Gasteiger partial charge on any atom is -0.478 e. The van der Waals surface area contributed by atoms with Crippen molar-refractivity contribution in [2.24, 2.45) is 0 Å². The van der Waals surface area contributed by atoms with Crippen LogP contribution in [0, 0.1) is 0 Å². The Balaban J connectivity index is 1.99. The standard InChI is InChI=1S/C18H22ClN3O3/c19-6-2-1-3-14-12-22(18(25)21-9-7-20-8-10-21)16-5-4-13(17(23)24)11-15(14)16/h4-5,11-12,20H,1-3,6-10H2,(H,23,24). The van der Waals surface area contributed by atoms with E-state index in [4.69, 9.17) is 11.6 Å². The maximum Gasteiger partial charge on any atom is 0.335 e. The summed E-state index contributed by atoms with van der Waals surface area (Å²) in [6.45, 7) is 2.92. The van der Waals surface area contributed by atoms with Gasteiger partial charge in [-0.2, -0.15) is 0 Å². The van der Waals surface area contributed by atoms with Crippen LogP contribution in [0.3, 0.4) is 0 Å². The van der Waals surface area contributed by atoms with Crippen molar-refractivity contribution in [3.8, 4) is 0 Å². The van der Waals surface area contributed by atoms with Gasteiger partial charge in [0.2, 0.25) is 0 Å². The first-order chi connectivity index (χ1) is 12.1. The summed E-state index contributed by atoms with van der Waals surface area (Å²) >= 11 is 5.76. The van der Waals surface area contributed by atoms with Gasteiger partial charge in [-0.05, 0) is 43.0 Å². The molecule has 1 aliphatic heterocycles. The van der Waals surface area contributed by atoms with Crippen LogP contribution in [-0.2, 0) is 6.42 Å². The Morgan fingerprint density at radius 2 is 1.96 bits per heavy atom. The van der Waals surface area contributed by atoms with E-state index in [0.717, 1.165) is 48.8 Å². The molecule has 1 amide bonds. The molecule has 1 fully saturated rings. The van der Waals surface area contributed by atoms with Crippen molar-refractivity contribution in [2.45, 2.75) is 19.3 Å². The van der Waals surface area contributed by atoms with Gasteiger partial charge in [0, 0.05) is 43.6 Å². The second-order valence-corrected chi connectivity index (χ2v) is 6.61. The molecule has 0 aliphatic carbocycles. The summed E-state index contributed by atoms with van der Waals surface area (Å²) < 4.78 is 1.66. The molecule has 0 saturated carbocycles. The molecule has 25 heavy (non-hydrogen) atoms. The van der Waals surface area contributed by atoms with Crippen LogP contribution in [0.15, 0.2) is 24.4 Å². The lowest BCUT2D eigenvalue weighted by Gasteiger charge is -2.27. The number of carbonyl (C=O) groups excluding carboxylic acids is 1. The number of benzene rings is 1. The first-order valence-corrected chi connectivity index (χ1v) is 9.08. The van der Waals surface area contributed by atoms with Gasteiger partial charge in [0.1, 0.15) is 0 Å². The van der Waals surface area contributed by atoms with Gasteiger partial charge >= 0.3 is 12.0 Å². The Morgan fingerprint density at radius 1 is 1.20 bits per heavy atom. The number of carboxylic acids is 1. The van der Waals surface area contributed by atoms with Gasteiger partial charge < -0.3 is 15.3 Å². The number of carbonyl (C=O) groups is 2. The van der Waals surface area contributed by atoms with E-state index < -0.39 is 5.97 Å². The van der Waals surface area contributed by atoms with Crippen LogP contribution in [0.1, 0.15) is 28.8 Å². The summed E-state index contributed by atoms with van der Waals surface area (Å²) in [7, 11) is 0. The second kappa shape index (κ2) is 7.89. The van der Waals surface area contributed by atoms with E-state index in [1.165, 1.54) is 0 Å². The summed E-state index contributed by atoms with van der Waals surface area (Å²) in [6.07, 6.45) is 4.42. The summed E-state index contributed by atoms with van der Waals surface area (Å²) in [6, 6.07) is 4.88. The predicted molar refractivity (Wildman–Crippen MR) is 97.8 cm³/mol. The molecular weight excluding hydrogens is 342 g/mol. The molecule has 6 nitrogen and oxygen atoms in total. The third-order valence-corrected chi connectivity index (χ3v) is 4.82. The molecule has 0 unspecified atom stereocenters. The maximum absolute atomic E-state index is 12.9. The van der Waals surface area contributed by atoms with Crippen LogP contribution in [0.4, 0.5) is 4.79 Å². The van der Waals surface area contributed by atoms with Crippen molar-refractivity contribution in [2.75, 3.05) is 32.1 Å². The number of hydrogen-bond donors (Lipinski definition) is 2. The van der Waals surface area contributed by atoms with Gasteiger partial charge in [0.05, 0.1) is 11.1 Å². The molecule has 2 heterocycles. The molecular formula is C18H22ClN3O3. The van der Waals surface area contributed by atoms with E-state index in [9.17, 15) is 14.7 Å². The molecule has 2 N–H and O–H groups in total. The molecule has 0 bridgehead atoms. The largest absolute Gasteiger partial charge is 0.478 e. The van der Waals surface area contributed by atoms with E-state index >= 15 is 0 Å². The summed E-state index contributed by atoms with van der Waals surface area (Å²) in [5.41, 5.74) is 1.99. The molecule has 2 aromatic rings. The zero-order valence-electron chi connectivity index (χ0n) is 14.0. The van der Waals surface area contributed by atoms with E-state index in [1.54, 1.807) is 22.8 Å². The van der Waals surface area contributed by atoms with Crippen molar-refractivity contribution < 1.29 is 14.7 Å². The molecule has 134 valence electrons. The lowest BCUT2D eigenvalue weighted by molar-refractivity contribution is 0.0697. The first kappa shape index (κ1) is 17.8. The third-order valence-electron chi connectivity index (χ3n) is 4.56. The van der Waals surface area contributed by atoms with Crippen molar-refractivity contribution in [3.63, 3.8) is 0 Å². The number of aromatic nitrogens is 1. The Morgan fingerprint density at radius 3 is 2.64 bits per heavy atom. The quantitative estimate of drug-likeness (QED) is 0.632. The Bertz CT molecular complexity index is 781. The van der Waals surface area contributed by atoms with Crippen LogP contribution in [0.2, 0.25) is 0 Å². The number of hydrogen-bond acceptors (Lipinski definition) is 3. The lowest BCUT2D eigenvalue weighted by Crippen LogP contribution is -2.47. The molecule has 1 aromatic heterocycles. The van der Waals surface area contributed by atoms with Crippen LogP contribution in [0.25, 0.3) is 10.9 Å². The van der Waals surface area contributed by atoms with Crippen LogP contribution < -0.4 is 5.32 Å². The molecule has 0 radical (unpaired) electrons. The highest BCUT2D eigenvalue weighted by Gasteiger charge is 2.21. The summed E-state index contributed by atoms with van der Waals surface area (Å²) in [5, 5.41) is 13.3. The number of nitrogens with one attached hydrogen (secondary N) is 1. The van der Waals surface area contributed by atoms with Gasteiger partial charge in [-0.25, -0.2) is 9.59 Å². The van der Waals surface area contributed by atoms with Gasteiger partial charge in [-0.15, -0.1) is 11.6 Å². The van der Waals surface area contributed by atoms with E-state index in [2.05, 4.69) is 5.32 Å². The Kier molecular flexibility index (Phi) is 5.60. The molecule has 0 atom stereocenters. The molecule has 1 aliphatic rings. The highest BCUT2D eigenvalue weighted by molar-refractivity contribution is 6.17.